The fourth-order valence-electron chi connectivity index (χ4n) is 7.77. The molecule has 0 spiro atoms. The second-order valence-electron chi connectivity index (χ2n) is 13.2. The fraction of sp³-hybridized carbons (Fsp3) is 0.459. The number of carboxylic acid groups (broad SMARTS) is 1. The maximum atomic E-state index is 14.0. The number of hydrogen-bond donors (Lipinski definition) is 2. The van der Waals surface area contributed by atoms with Crippen molar-refractivity contribution < 1.29 is 28.2 Å². The molecule has 4 saturated carbocycles. The maximum Gasteiger partial charge on any atom is 0.336 e. The van der Waals surface area contributed by atoms with Crippen molar-refractivity contribution in [3.8, 4) is 5.75 Å². The van der Waals surface area contributed by atoms with Gasteiger partial charge in [0.15, 0.2) is 0 Å². The van der Waals surface area contributed by atoms with Crippen molar-refractivity contribution >= 4 is 11.9 Å². The second kappa shape index (κ2) is 14.5. The number of carboxylic acids is 1. The highest BCUT2D eigenvalue weighted by Crippen LogP contribution is 2.54. The molecule has 0 aliphatic heterocycles. The third kappa shape index (κ3) is 8.69. The van der Waals surface area contributed by atoms with Gasteiger partial charge in [0.25, 0.3) is 0 Å². The zero-order valence-electron chi connectivity index (χ0n) is 26.0. The van der Waals surface area contributed by atoms with E-state index in [2.05, 4.69) is 0 Å². The van der Waals surface area contributed by atoms with E-state index in [-0.39, 0.29) is 36.6 Å². The Morgan fingerprint density at radius 2 is 1.58 bits per heavy atom. The van der Waals surface area contributed by atoms with Crippen LogP contribution in [0.3, 0.4) is 0 Å². The number of halogens is 2. The minimum Gasteiger partial charge on any atom is -0.489 e. The highest BCUT2D eigenvalue weighted by molar-refractivity contribution is 5.89. The van der Waals surface area contributed by atoms with E-state index in [4.69, 9.17) is 10.5 Å². The summed E-state index contributed by atoms with van der Waals surface area (Å²) in [7, 11) is 0. The van der Waals surface area contributed by atoms with Crippen molar-refractivity contribution in [1.29, 1.82) is 0 Å². The molecule has 0 saturated heterocycles. The van der Waals surface area contributed by atoms with Crippen molar-refractivity contribution in [3.05, 3.63) is 101 Å². The van der Waals surface area contributed by atoms with Gasteiger partial charge in [-0.25, -0.2) is 13.6 Å². The number of nitrogens with zero attached hydrogens (tertiary/aromatic N) is 1. The normalized spacial score (nSPS) is 22.8. The molecule has 240 valence electrons. The van der Waals surface area contributed by atoms with Crippen LogP contribution in [-0.4, -0.2) is 34.0 Å². The van der Waals surface area contributed by atoms with Crippen LogP contribution in [0.15, 0.2) is 66.7 Å². The Balaban J connectivity index is 0.000000298. The molecule has 1 amide bonds. The molecule has 0 unspecified atom stereocenters. The topological polar surface area (TPSA) is 92.9 Å². The largest absolute Gasteiger partial charge is 0.489 e. The molecule has 6 nitrogen and oxygen atoms in total. The minimum atomic E-state index is -1.00. The first-order valence-electron chi connectivity index (χ1n) is 16.1. The van der Waals surface area contributed by atoms with Gasteiger partial charge in [0.1, 0.15) is 24.0 Å². The molecule has 4 aliphatic carbocycles. The summed E-state index contributed by atoms with van der Waals surface area (Å²) < 4.78 is 32.9. The lowest BCUT2D eigenvalue weighted by atomic mass is 9.53. The van der Waals surface area contributed by atoms with Crippen LogP contribution in [0.2, 0.25) is 0 Å². The molecule has 4 fully saturated rings. The third-order valence-electron chi connectivity index (χ3n) is 9.50. The quantitative estimate of drug-likeness (QED) is 0.232. The first kappa shape index (κ1) is 32.6. The van der Waals surface area contributed by atoms with E-state index in [0.717, 1.165) is 35.8 Å². The number of aryl methyl sites for hydroxylation is 1. The first-order chi connectivity index (χ1) is 21.6. The number of carbonyl (C=O) groups excluding carboxylic acids is 1. The van der Waals surface area contributed by atoms with E-state index in [1.165, 1.54) is 56.7 Å². The number of hydrogen-bond acceptors (Lipinski definition) is 4. The predicted octanol–water partition coefficient (Wildman–Crippen LogP) is 7.53. The molecular weight excluding hydrogens is 574 g/mol. The van der Waals surface area contributed by atoms with E-state index >= 15 is 0 Å². The van der Waals surface area contributed by atoms with Gasteiger partial charge in [-0.15, -0.1) is 0 Å². The Labute approximate surface area is 264 Å². The molecule has 4 bridgehead atoms. The number of benzene rings is 3. The van der Waals surface area contributed by atoms with Crippen LogP contribution in [-0.2, 0) is 24.4 Å². The summed E-state index contributed by atoms with van der Waals surface area (Å²) >= 11 is 0. The standard InChI is InChI=1S/C27H27F2NO4.C10H17N/c1-2-15-30(17-20-10-11-22(28)16-25(20)29)26(31)14-9-19-7-12-23(13-8-19)34-18-21-5-3-4-6-24(21)27(32)33;11-10-4-7-1-8(5-10)3-9(2-7)6-10/h3-8,10-13,16H,2,9,14-15,17-18H2,1H3,(H,32,33);7-9H,1-6,11H2. The van der Waals surface area contributed by atoms with E-state index in [9.17, 15) is 23.5 Å². The maximum absolute atomic E-state index is 14.0. The molecular formula is C37H44F2N2O4. The minimum absolute atomic E-state index is 0.101. The molecule has 0 heterocycles. The van der Waals surface area contributed by atoms with Crippen LogP contribution in [0.25, 0.3) is 0 Å². The SMILES string of the molecule is CCCN(Cc1ccc(F)cc1F)C(=O)CCc1ccc(OCc2ccccc2C(=O)O)cc1.NC12CC3CC(CC(C3)C1)C2. The van der Waals surface area contributed by atoms with E-state index in [0.29, 0.717) is 29.8 Å². The average Bonchev–Trinajstić information content (AvgIpc) is 2.99. The number of carbonyl (C=O) groups is 2. The Morgan fingerprint density at radius 3 is 2.16 bits per heavy atom. The lowest BCUT2D eigenvalue weighted by Crippen LogP contribution is -2.55. The summed E-state index contributed by atoms with van der Waals surface area (Å²) in [5, 5.41) is 9.26. The van der Waals surface area contributed by atoms with Crippen LogP contribution in [0.1, 0.15) is 85.3 Å². The van der Waals surface area contributed by atoms with Crippen molar-refractivity contribution in [2.45, 2.75) is 83.4 Å². The van der Waals surface area contributed by atoms with Gasteiger partial charge >= 0.3 is 5.97 Å². The van der Waals surface area contributed by atoms with E-state index in [1.54, 1.807) is 35.2 Å². The monoisotopic (exact) mass is 618 g/mol. The Kier molecular flexibility index (Phi) is 10.5. The molecule has 7 rings (SSSR count). The first-order valence-corrected chi connectivity index (χ1v) is 16.1. The molecule has 0 atom stereocenters. The van der Waals surface area contributed by atoms with Crippen LogP contribution in [0, 0.1) is 29.4 Å². The molecule has 0 radical (unpaired) electrons. The third-order valence-corrected chi connectivity index (χ3v) is 9.50. The molecule has 3 N–H and O–H groups in total. The van der Waals surface area contributed by atoms with Crippen molar-refractivity contribution in [2.75, 3.05) is 6.54 Å². The number of aromatic carboxylic acids is 1. The fourth-order valence-corrected chi connectivity index (χ4v) is 7.77. The van der Waals surface area contributed by atoms with Gasteiger partial charge < -0.3 is 20.5 Å². The van der Waals surface area contributed by atoms with E-state index in [1.807, 2.05) is 19.1 Å². The summed E-state index contributed by atoms with van der Waals surface area (Å²) in [6.07, 6.45) is 10.1. The molecule has 45 heavy (non-hydrogen) atoms. The summed E-state index contributed by atoms with van der Waals surface area (Å²) in [6, 6.07) is 17.3. The predicted molar refractivity (Wildman–Crippen MR) is 170 cm³/mol. The zero-order valence-corrected chi connectivity index (χ0v) is 26.0. The average molecular weight is 619 g/mol. The van der Waals surface area contributed by atoms with Crippen LogP contribution in [0.4, 0.5) is 8.78 Å². The number of amides is 1. The number of nitrogens with two attached hydrogens (primary N) is 1. The lowest BCUT2D eigenvalue weighted by Gasteiger charge is -2.55. The van der Waals surface area contributed by atoms with E-state index < -0.39 is 17.6 Å². The Hall–Kier alpha value is -3.78. The lowest BCUT2D eigenvalue weighted by molar-refractivity contribution is -0.131. The number of ether oxygens (including phenoxy) is 1. The van der Waals surface area contributed by atoms with Crippen LogP contribution in [0.5, 0.6) is 5.75 Å². The van der Waals surface area contributed by atoms with Crippen LogP contribution < -0.4 is 10.5 Å². The van der Waals surface area contributed by atoms with Crippen molar-refractivity contribution in [2.24, 2.45) is 23.5 Å². The molecule has 3 aromatic rings. The molecule has 4 aliphatic rings. The van der Waals surface area contributed by atoms with Gasteiger partial charge in [-0.05, 0) is 98.9 Å². The molecule has 0 aromatic heterocycles. The zero-order chi connectivity index (χ0) is 32.0. The number of rotatable bonds is 11. The highest BCUT2D eigenvalue weighted by atomic mass is 19.1. The van der Waals surface area contributed by atoms with Crippen LogP contribution >= 0.6 is 0 Å². The highest BCUT2D eigenvalue weighted by Gasteiger charge is 2.48. The Bertz CT molecular complexity index is 1440. The summed E-state index contributed by atoms with van der Waals surface area (Å²) in [5.74, 6) is 1.25. The smallest absolute Gasteiger partial charge is 0.336 e. The van der Waals surface area contributed by atoms with Gasteiger partial charge in [0.2, 0.25) is 5.91 Å². The molecule has 3 aromatic carbocycles. The summed E-state index contributed by atoms with van der Waals surface area (Å²) in [5.41, 5.74) is 8.63. The van der Waals surface area contributed by atoms with Gasteiger partial charge in [-0.2, -0.15) is 0 Å². The Morgan fingerprint density at radius 1 is 0.933 bits per heavy atom. The summed E-state index contributed by atoms with van der Waals surface area (Å²) in [6.45, 7) is 2.66. The van der Waals surface area contributed by atoms with Gasteiger partial charge in [-0.1, -0.05) is 43.3 Å². The van der Waals surface area contributed by atoms with Crippen molar-refractivity contribution in [3.63, 3.8) is 0 Å². The second-order valence-corrected chi connectivity index (χ2v) is 13.2. The van der Waals surface area contributed by atoms with Gasteiger partial charge in [-0.3, -0.25) is 4.79 Å². The van der Waals surface area contributed by atoms with Crippen molar-refractivity contribution in [1.82, 2.24) is 4.90 Å². The van der Waals surface area contributed by atoms with Gasteiger partial charge in [0.05, 0.1) is 5.56 Å². The van der Waals surface area contributed by atoms with Gasteiger partial charge in [0, 0.05) is 42.2 Å². The molecule has 8 heteroatoms. The summed E-state index contributed by atoms with van der Waals surface area (Å²) in [4.78, 5) is 25.7.